The van der Waals surface area contributed by atoms with Crippen molar-refractivity contribution >= 4 is 16.9 Å². The van der Waals surface area contributed by atoms with E-state index in [1.807, 2.05) is 18.2 Å². The summed E-state index contributed by atoms with van der Waals surface area (Å²) in [5, 5.41) is 10.2. The standard InChI is InChI=1S/C27H23NO6/c1-32-21-12-7-16(15-22(21)33-2)13-14-28-24(17-8-10-18(29)11-9-17)23-25(30)19-5-3-4-6-20(19)34-26(23)27(28)31/h3-12,15,24,29H,13-14H2,1-2H3/t24-/m0/s1. The maximum atomic E-state index is 13.5. The third kappa shape index (κ3) is 3.55. The number of ether oxygens (including phenoxy) is 2. The molecule has 0 radical (unpaired) electrons. The van der Waals surface area contributed by atoms with Gasteiger partial charge in [0.25, 0.3) is 5.91 Å². The Labute approximate surface area is 195 Å². The Hall–Kier alpha value is -4.26. The Balaban J connectivity index is 1.57. The van der Waals surface area contributed by atoms with E-state index < -0.39 is 6.04 Å². The lowest BCUT2D eigenvalue weighted by Gasteiger charge is -2.25. The molecule has 1 aliphatic rings. The second-order valence-electron chi connectivity index (χ2n) is 8.10. The molecule has 172 valence electrons. The smallest absolute Gasteiger partial charge is 0.290 e. The third-order valence-electron chi connectivity index (χ3n) is 6.17. The van der Waals surface area contributed by atoms with Gasteiger partial charge < -0.3 is 23.9 Å². The number of amides is 1. The van der Waals surface area contributed by atoms with Gasteiger partial charge in [0.15, 0.2) is 16.9 Å². The fourth-order valence-corrected chi connectivity index (χ4v) is 4.49. The summed E-state index contributed by atoms with van der Waals surface area (Å²) in [6.07, 6.45) is 0.530. The van der Waals surface area contributed by atoms with E-state index in [0.717, 1.165) is 11.1 Å². The second kappa shape index (κ2) is 8.59. The number of hydrogen-bond acceptors (Lipinski definition) is 6. The van der Waals surface area contributed by atoms with Crippen molar-refractivity contribution in [3.63, 3.8) is 0 Å². The average Bonchev–Trinajstić information content (AvgIpc) is 3.14. The van der Waals surface area contributed by atoms with Crippen LogP contribution >= 0.6 is 0 Å². The maximum Gasteiger partial charge on any atom is 0.290 e. The SMILES string of the molecule is COc1ccc(CCN2C(=O)c3oc4ccccc4c(=O)c3[C@@H]2c2ccc(O)cc2)cc1OC. The lowest BCUT2D eigenvalue weighted by atomic mass is 9.98. The van der Waals surface area contributed by atoms with E-state index in [9.17, 15) is 14.7 Å². The highest BCUT2D eigenvalue weighted by Gasteiger charge is 2.42. The topological polar surface area (TPSA) is 89.2 Å². The van der Waals surface area contributed by atoms with Gasteiger partial charge in [-0.2, -0.15) is 0 Å². The first-order valence-corrected chi connectivity index (χ1v) is 10.9. The van der Waals surface area contributed by atoms with E-state index in [2.05, 4.69) is 0 Å². The molecule has 0 unspecified atom stereocenters. The molecule has 0 bridgehead atoms. The van der Waals surface area contributed by atoms with Crippen molar-refractivity contribution < 1.29 is 23.8 Å². The molecule has 0 saturated carbocycles. The number of carbonyl (C=O) groups is 1. The largest absolute Gasteiger partial charge is 0.508 e. The minimum Gasteiger partial charge on any atom is -0.508 e. The highest BCUT2D eigenvalue weighted by Crippen LogP contribution is 2.39. The molecule has 1 aliphatic heterocycles. The number of methoxy groups -OCH3 is 2. The van der Waals surface area contributed by atoms with Crippen LogP contribution in [0.25, 0.3) is 11.0 Å². The maximum absolute atomic E-state index is 13.5. The molecule has 3 aromatic carbocycles. The fraction of sp³-hybridized carbons (Fsp3) is 0.185. The molecule has 0 saturated heterocycles. The van der Waals surface area contributed by atoms with Gasteiger partial charge >= 0.3 is 0 Å². The van der Waals surface area contributed by atoms with E-state index in [1.54, 1.807) is 67.7 Å². The van der Waals surface area contributed by atoms with Crippen LogP contribution in [0.1, 0.15) is 33.3 Å². The van der Waals surface area contributed by atoms with Crippen molar-refractivity contribution in [1.29, 1.82) is 0 Å². The number of hydrogen-bond donors (Lipinski definition) is 1. The molecule has 34 heavy (non-hydrogen) atoms. The summed E-state index contributed by atoms with van der Waals surface area (Å²) in [5.74, 6) is 1.06. The normalized spacial score (nSPS) is 14.9. The Morgan fingerprint density at radius 3 is 2.41 bits per heavy atom. The van der Waals surface area contributed by atoms with Crippen LogP contribution in [0, 0.1) is 0 Å². The number of para-hydroxylation sites is 1. The molecule has 5 rings (SSSR count). The first kappa shape index (κ1) is 21.6. The van der Waals surface area contributed by atoms with Gasteiger partial charge in [0.2, 0.25) is 5.76 Å². The van der Waals surface area contributed by atoms with Gasteiger partial charge in [0.1, 0.15) is 11.3 Å². The number of rotatable bonds is 6. The Morgan fingerprint density at radius 2 is 1.68 bits per heavy atom. The van der Waals surface area contributed by atoms with Crippen LogP contribution in [0.15, 0.2) is 75.9 Å². The van der Waals surface area contributed by atoms with Crippen LogP contribution in [-0.4, -0.2) is 36.7 Å². The number of phenolic OH excluding ortho intramolecular Hbond substituents is 1. The van der Waals surface area contributed by atoms with Gasteiger partial charge in [-0.25, -0.2) is 0 Å². The fourth-order valence-electron chi connectivity index (χ4n) is 4.49. The van der Waals surface area contributed by atoms with Crippen molar-refractivity contribution in [2.75, 3.05) is 20.8 Å². The van der Waals surface area contributed by atoms with Gasteiger partial charge in [-0.15, -0.1) is 0 Å². The lowest BCUT2D eigenvalue weighted by molar-refractivity contribution is 0.0730. The molecule has 7 heteroatoms. The van der Waals surface area contributed by atoms with Gasteiger partial charge in [-0.1, -0.05) is 30.3 Å². The molecule has 1 amide bonds. The van der Waals surface area contributed by atoms with Crippen molar-refractivity contribution in [3.8, 4) is 17.2 Å². The predicted molar refractivity (Wildman–Crippen MR) is 127 cm³/mol. The zero-order valence-electron chi connectivity index (χ0n) is 18.8. The van der Waals surface area contributed by atoms with Crippen molar-refractivity contribution in [2.45, 2.75) is 12.5 Å². The number of fused-ring (bicyclic) bond motifs is 2. The van der Waals surface area contributed by atoms with Crippen LogP contribution in [0.4, 0.5) is 0 Å². The summed E-state index contributed by atoms with van der Waals surface area (Å²) in [7, 11) is 3.15. The quantitative estimate of drug-likeness (QED) is 0.464. The number of aromatic hydroxyl groups is 1. The average molecular weight is 457 g/mol. The number of benzene rings is 3. The predicted octanol–water partition coefficient (Wildman–Crippen LogP) is 4.30. The van der Waals surface area contributed by atoms with E-state index in [-0.39, 0.29) is 22.8 Å². The summed E-state index contributed by atoms with van der Waals surface area (Å²) >= 11 is 0. The molecular formula is C27H23NO6. The molecule has 1 aromatic heterocycles. The number of carbonyl (C=O) groups excluding carboxylic acids is 1. The lowest BCUT2D eigenvalue weighted by Crippen LogP contribution is -2.31. The summed E-state index contributed by atoms with van der Waals surface area (Å²) in [6.45, 7) is 0.347. The van der Waals surface area contributed by atoms with Crippen LogP contribution < -0.4 is 14.9 Å². The van der Waals surface area contributed by atoms with Crippen LogP contribution in [0.2, 0.25) is 0 Å². The third-order valence-corrected chi connectivity index (χ3v) is 6.17. The highest BCUT2D eigenvalue weighted by atomic mass is 16.5. The van der Waals surface area contributed by atoms with Crippen molar-refractivity contribution in [1.82, 2.24) is 4.90 Å². The van der Waals surface area contributed by atoms with Crippen LogP contribution in [0.5, 0.6) is 17.2 Å². The Kier molecular flexibility index (Phi) is 5.45. The first-order chi connectivity index (χ1) is 16.5. The van der Waals surface area contributed by atoms with Crippen LogP contribution in [-0.2, 0) is 6.42 Å². The van der Waals surface area contributed by atoms with Gasteiger partial charge in [0, 0.05) is 6.54 Å². The van der Waals surface area contributed by atoms with Crippen LogP contribution in [0.3, 0.4) is 0 Å². The molecule has 7 nitrogen and oxygen atoms in total. The van der Waals surface area contributed by atoms with Gasteiger partial charge in [-0.3, -0.25) is 9.59 Å². The summed E-state index contributed by atoms with van der Waals surface area (Å²) in [5.41, 5.74) is 2.15. The molecule has 1 N–H and O–H groups in total. The second-order valence-corrected chi connectivity index (χ2v) is 8.10. The zero-order chi connectivity index (χ0) is 23.8. The Bertz CT molecular complexity index is 1440. The summed E-state index contributed by atoms with van der Waals surface area (Å²) < 4.78 is 16.6. The van der Waals surface area contributed by atoms with Crippen molar-refractivity contribution in [3.05, 3.63) is 99.4 Å². The summed E-state index contributed by atoms with van der Waals surface area (Å²) in [6, 6.07) is 18.5. The van der Waals surface area contributed by atoms with Gasteiger partial charge in [0.05, 0.1) is 31.2 Å². The van der Waals surface area contributed by atoms with Crippen molar-refractivity contribution in [2.24, 2.45) is 0 Å². The number of phenols is 1. The van der Waals surface area contributed by atoms with E-state index in [0.29, 0.717) is 41.0 Å². The molecule has 0 aliphatic carbocycles. The summed E-state index contributed by atoms with van der Waals surface area (Å²) in [4.78, 5) is 28.6. The zero-order valence-corrected chi connectivity index (χ0v) is 18.8. The first-order valence-electron chi connectivity index (χ1n) is 10.9. The monoisotopic (exact) mass is 457 g/mol. The number of nitrogens with zero attached hydrogens (tertiary/aromatic N) is 1. The van der Waals surface area contributed by atoms with E-state index in [4.69, 9.17) is 13.9 Å². The minimum absolute atomic E-state index is 0.0640. The molecule has 1 atom stereocenters. The highest BCUT2D eigenvalue weighted by molar-refractivity contribution is 5.99. The van der Waals surface area contributed by atoms with Gasteiger partial charge in [-0.05, 0) is 53.9 Å². The molecule has 2 heterocycles. The Morgan fingerprint density at radius 1 is 0.941 bits per heavy atom. The van der Waals surface area contributed by atoms with E-state index >= 15 is 0 Å². The molecular weight excluding hydrogens is 434 g/mol. The molecule has 0 fully saturated rings. The molecule has 4 aromatic rings. The minimum atomic E-state index is -0.621. The van der Waals surface area contributed by atoms with E-state index in [1.165, 1.54) is 0 Å². The molecule has 0 spiro atoms.